The van der Waals surface area contributed by atoms with E-state index in [4.69, 9.17) is 9.47 Å². The van der Waals surface area contributed by atoms with Gasteiger partial charge in [0, 0.05) is 11.0 Å². The average Bonchev–Trinajstić information content (AvgIpc) is 3.29. The van der Waals surface area contributed by atoms with Crippen molar-refractivity contribution < 1.29 is 23.8 Å². The van der Waals surface area contributed by atoms with E-state index in [1.54, 1.807) is 19.2 Å². The van der Waals surface area contributed by atoms with Gasteiger partial charge >= 0.3 is 5.97 Å². The lowest BCUT2D eigenvalue weighted by Crippen LogP contribution is -2.50. The van der Waals surface area contributed by atoms with Crippen molar-refractivity contribution in [3.8, 4) is 22.6 Å². The summed E-state index contributed by atoms with van der Waals surface area (Å²) in [6, 6.07) is 17.5. The molecule has 0 aliphatic heterocycles. The maximum absolute atomic E-state index is 15.1. The molecule has 2 saturated carbocycles. The van der Waals surface area contributed by atoms with E-state index >= 15 is 4.39 Å². The third-order valence-electron chi connectivity index (χ3n) is 10.1. The number of carboxylic acid groups (broad SMARTS) is 1. The summed E-state index contributed by atoms with van der Waals surface area (Å²) in [7, 11) is 1.60. The molecule has 3 aliphatic rings. The van der Waals surface area contributed by atoms with Crippen LogP contribution in [-0.4, -0.2) is 18.2 Å². The van der Waals surface area contributed by atoms with Crippen LogP contribution in [0.4, 0.5) is 4.39 Å². The van der Waals surface area contributed by atoms with Crippen LogP contribution < -0.4 is 9.47 Å². The van der Waals surface area contributed by atoms with Gasteiger partial charge in [0.25, 0.3) is 0 Å². The number of halogens is 1. The second-order valence-corrected chi connectivity index (χ2v) is 12.7. The smallest absolute Gasteiger partial charge is 0.307 e. The molecule has 2 fully saturated rings. The van der Waals surface area contributed by atoms with E-state index in [0.717, 1.165) is 68.2 Å². The number of rotatable bonds is 7. The molecule has 1 spiro atoms. The van der Waals surface area contributed by atoms with Crippen LogP contribution in [0, 0.1) is 17.2 Å². The summed E-state index contributed by atoms with van der Waals surface area (Å²) < 4.78 is 26.9. The number of ether oxygens (including phenoxy) is 2. The second-order valence-electron chi connectivity index (χ2n) is 12.7. The zero-order chi connectivity index (χ0) is 28.1. The maximum Gasteiger partial charge on any atom is 0.307 e. The first-order valence-corrected chi connectivity index (χ1v) is 14.7. The molecule has 0 radical (unpaired) electrons. The van der Waals surface area contributed by atoms with Crippen LogP contribution in [0.15, 0.2) is 54.6 Å². The molecule has 3 aromatic rings. The highest BCUT2D eigenvalue weighted by Crippen LogP contribution is 2.56. The van der Waals surface area contributed by atoms with Gasteiger partial charge in [0.2, 0.25) is 0 Å². The monoisotopic (exact) mass is 542 g/mol. The number of aryl methyl sites for hydroxylation is 1. The number of aliphatic carboxylic acids is 1. The summed E-state index contributed by atoms with van der Waals surface area (Å²) >= 11 is 0. The molecule has 3 atom stereocenters. The van der Waals surface area contributed by atoms with E-state index in [1.165, 1.54) is 22.8 Å². The molecule has 5 heteroatoms. The Bertz CT molecular complexity index is 1440. The summed E-state index contributed by atoms with van der Waals surface area (Å²) in [5, 5.41) is 9.84. The second kappa shape index (κ2) is 10.2. The summed E-state index contributed by atoms with van der Waals surface area (Å²) in [6.07, 6.45) is 8.03. The highest BCUT2D eigenvalue weighted by atomic mass is 19.1. The van der Waals surface area contributed by atoms with E-state index in [9.17, 15) is 9.90 Å². The summed E-state index contributed by atoms with van der Waals surface area (Å²) in [6.45, 7) is 5.02. The number of fused-ring (bicyclic) bond motifs is 2. The van der Waals surface area contributed by atoms with Gasteiger partial charge in [-0.2, -0.15) is 0 Å². The van der Waals surface area contributed by atoms with Crippen LogP contribution in [0.1, 0.15) is 87.0 Å². The van der Waals surface area contributed by atoms with Crippen molar-refractivity contribution in [2.75, 3.05) is 7.11 Å². The fraction of sp³-hybridized carbons (Fsp3) is 0.457. The highest BCUT2D eigenvalue weighted by molar-refractivity contribution is 5.75. The first kappa shape index (κ1) is 26.9. The number of methoxy groups -OCH3 is 1. The van der Waals surface area contributed by atoms with Crippen molar-refractivity contribution >= 4 is 5.97 Å². The van der Waals surface area contributed by atoms with Crippen LogP contribution in [-0.2, 0) is 23.2 Å². The SMILES string of the molecule is COc1ccc(F)c(-c2ccc(COc3ccc4c(c3)C3(CCC4)CCC3C(=O)O)cc2[C@@H]2CCCC2(C)C)c1. The number of benzene rings is 3. The molecule has 3 aromatic carbocycles. The molecular weight excluding hydrogens is 503 g/mol. The molecule has 210 valence electrons. The summed E-state index contributed by atoms with van der Waals surface area (Å²) in [4.78, 5) is 12.0. The Balaban J connectivity index is 1.31. The third-order valence-corrected chi connectivity index (χ3v) is 10.1. The number of hydrogen-bond donors (Lipinski definition) is 1. The number of carboxylic acids is 1. The van der Waals surface area contributed by atoms with E-state index < -0.39 is 5.97 Å². The molecule has 0 bridgehead atoms. The van der Waals surface area contributed by atoms with Gasteiger partial charge in [-0.15, -0.1) is 0 Å². The molecule has 2 unspecified atom stereocenters. The van der Waals surface area contributed by atoms with Gasteiger partial charge < -0.3 is 14.6 Å². The number of hydrogen-bond acceptors (Lipinski definition) is 3. The van der Waals surface area contributed by atoms with E-state index in [2.05, 4.69) is 32.0 Å². The van der Waals surface area contributed by atoms with Crippen molar-refractivity contribution in [3.05, 3.63) is 82.7 Å². The van der Waals surface area contributed by atoms with Gasteiger partial charge in [-0.1, -0.05) is 44.5 Å². The molecule has 3 aliphatic carbocycles. The van der Waals surface area contributed by atoms with Gasteiger partial charge in [-0.05, 0) is 114 Å². The molecule has 0 saturated heterocycles. The summed E-state index contributed by atoms with van der Waals surface area (Å²) in [5.41, 5.74) is 6.01. The Hall–Kier alpha value is -3.34. The molecule has 40 heavy (non-hydrogen) atoms. The minimum Gasteiger partial charge on any atom is -0.497 e. The van der Waals surface area contributed by atoms with Crippen LogP contribution in [0.2, 0.25) is 0 Å². The molecule has 0 amide bonds. The van der Waals surface area contributed by atoms with Crippen LogP contribution in [0.5, 0.6) is 11.5 Å². The minimum atomic E-state index is -0.680. The summed E-state index contributed by atoms with van der Waals surface area (Å²) in [5.74, 6) is 0.511. The Morgan fingerprint density at radius 1 is 0.950 bits per heavy atom. The van der Waals surface area contributed by atoms with E-state index in [0.29, 0.717) is 23.8 Å². The lowest BCUT2D eigenvalue weighted by Gasteiger charge is -2.51. The Morgan fingerprint density at radius 2 is 1.77 bits per heavy atom. The lowest BCUT2D eigenvalue weighted by atomic mass is 9.52. The van der Waals surface area contributed by atoms with Gasteiger partial charge in [0.1, 0.15) is 23.9 Å². The van der Waals surface area contributed by atoms with Crippen LogP contribution in [0.25, 0.3) is 11.1 Å². The van der Waals surface area contributed by atoms with Crippen molar-refractivity contribution in [1.82, 2.24) is 0 Å². The topological polar surface area (TPSA) is 55.8 Å². The molecule has 0 heterocycles. The fourth-order valence-electron chi connectivity index (χ4n) is 7.82. The van der Waals surface area contributed by atoms with Crippen molar-refractivity contribution in [2.45, 2.75) is 83.2 Å². The maximum atomic E-state index is 15.1. The Kier molecular flexibility index (Phi) is 6.88. The van der Waals surface area contributed by atoms with Crippen LogP contribution >= 0.6 is 0 Å². The fourth-order valence-corrected chi connectivity index (χ4v) is 7.82. The van der Waals surface area contributed by atoms with Crippen molar-refractivity contribution in [3.63, 3.8) is 0 Å². The number of carbonyl (C=O) groups is 1. The predicted molar refractivity (Wildman–Crippen MR) is 155 cm³/mol. The van der Waals surface area contributed by atoms with Crippen LogP contribution in [0.3, 0.4) is 0 Å². The highest BCUT2D eigenvalue weighted by Gasteiger charge is 2.53. The standard InChI is InChI=1S/C35H39FO4/c1-34(2)15-5-7-29(34)27-18-22(8-12-26(27)28-19-24(39-3)11-13-32(28)36)21-40-25-10-9-23-6-4-16-35(31(23)20-25)17-14-30(35)33(37)38/h8-13,18-20,29-30H,4-7,14-17,21H2,1-3H3,(H,37,38)/t29-,30?,35?/m0/s1. The van der Waals surface area contributed by atoms with E-state index in [-0.39, 0.29) is 22.6 Å². The zero-order valence-electron chi connectivity index (χ0n) is 23.8. The zero-order valence-corrected chi connectivity index (χ0v) is 23.8. The van der Waals surface area contributed by atoms with E-state index in [1.807, 2.05) is 18.2 Å². The third kappa shape index (κ3) is 4.57. The molecule has 4 nitrogen and oxygen atoms in total. The van der Waals surface area contributed by atoms with Crippen molar-refractivity contribution in [1.29, 1.82) is 0 Å². The lowest BCUT2D eigenvalue weighted by molar-refractivity contribution is -0.150. The van der Waals surface area contributed by atoms with Gasteiger partial charge in [0.15, 0.2) is 0 Å². The quantitative estimate of drug-likeness (QED) is 0.325. The molecule has 6 rings (SSSR count). The molecule has 0 aromatic heterocycles. The Labute approximate surface area is 236 Å². The Morgan fingerprint density at radius 3 is 2.48 bits per heavy atom. The van der Waals surface area contributed by atoms with Gasteiger partial charge in [-0.3, -0.25) is 4.79 Å². The largest absolute Gasteiger partial charge is 0.497 e. The van der Waals surface area contributed by atoms with Gasteiger partial charge in [0.05, 0.1) is 13.0 Å². The first-order chi connectivity index (χ1) is 19.2. The predicted octanol–water partition coefficient (Wildman–Crippen LogP) is 8.44. The molecular formula is C35H39FO4. The average molecular weight is 543 g/mol. The molecule has 1 N–H and O–H groups in total. The van der Waals surface area contributed by atoms with Gasteiger partial charge in [-0.25, -0.2) is 4.39 Å². The van der Waals surface area contributed by atoms with Crippen molar-refractivity contribution in [2.24, 2.45) is 11.3 Å². The normalized spacial score (nSPS) is 24.8. The first-order valence-electron chi connectivity index (χ1n) is 14.7. The minimum absolute atomic E-state index is 0.125.